The highest BCUT2D eigenvalue weighted by atomic mass is 32.1. The van der Waals surface area contributed by atoms with Crippen molar-refractivity contribution in [2.45, 2.75) is 33.9 Å². The Morgan fingerprint density at radius 3 is 2.16 bits per heavy atom. The maximum absolute atomic E-state index is 13.1. The summed E-state index contributed by atoms with van der Waals surface area (Å²) >= 11 is 5.73. The van der Waals surface area contributed by atoms with Crippen molar-refractivity contribution in [3.8, 4) is 0 Å². The molecule has 0 atom stereocenters. The fraction of sp³-hybridized carbons (Fsp3) is 0.360. The fourth-order valence-electron chi connectivity index (χ4n) is 4.04. The van der Waals surface area contributed by atoms with Gasteiger partial charge in [-0.3, -0.25) is 9.58 Å². The number of hydrogen-bond acceptors (Lipinski definition) is 3. The summed E-state index contributed by atoms with van der Waals surface area (Å²) in [5, 5.41) is 8.92. The number of nitrogens with one attached hydrogen (secondary N) is 1. The Morgan fingerprint density at radius 1 is 0.906 bits per heavy atom. The Hall–Kier alpha value is -2.77. The van der Waals surface area contributed by atoms with Gasteiger partial charge in [0.05, 0.1) is 23.6 Å². The summed E-state index contributed by atoms with van der Waals surface area (Å²) in [5.41, 5.74) is 6.65. The summed E-state index contributed by atoms with van der Waals surface area (Å²) in [6.45, 7) is 11.3. The van der Waals surface area contributed by atoms with Gasteiger partial charge in [0.25, 0.3) is 0 Å². The number of aromatic nitrogens is 2. The third-order valence-corrected chi connectivity index (χ3v) is 6.41. The summed E-state index contributed by atoms with van der Waals surface area (Å²) in [6.07, 6.45) is 0. The Kier molecular flexibility index (Phi) is 6.86. The topological polar surface area (TPSA) is 36.3 Å². The number of aryl methyl sites for hydroxylation is 2. The Morgan fingerprint density at radius 2 is 1.50 bits per heavy atom. The number of halogens is 1. The zero-order chi connectivity index (χ0) is 22.7. The molecule has 1 aliphatic heterocycles. The first-order chi connectivity index (χ1) is 15.4. The maximum Gasteiger partial charge on any atom is 0.173 e. The predicted octanol–water partition coefficient (Wildman–Crippen LogP) is 4.51. The normalized spacial score (nSPS) is 14.6. The minimum Gasteiger partial charge on any atom is -0.346 e. The second-order valence-corrected chi connectivity index (χ2v) is 8.90. The van der Waals surface area contributed by atoms with Gasteiger partial charge in [-0.15, -0.1) is 0 Å². The van der Waals surface area contributed by atoms with Crippen LogP contribution in [0, 0.1) is 26.6 Å². The van der Waals surface area contributed by atoms with E-state index in [4.69, 9.17) is 17.3 Å². The molecular weight excluding hydrogens is 421 g/mol. The molecule has 1 aliphatic rings. The number of piperazine rings is 1. The predicted molar refractivity (Wildman–Crippen MR) is 131 cm³/mol. The van der Waals surface area contributed by atoms with Crippen LogP contribution in [-0.4, -0.2) is 50.9 Å². The maximum atomic E-state index is 13.1. The van der Waals surface area contributed by atoms with Crippen molar-refractivity contribution in [1.82, 2.24) is 19.6 Å². The van der Waals surface area contributed by atoms with Crippen molar-refractivity contribution in [3.63, 3.8) is 0 Å². The summed E-state index contributed by atoms with van der Waals surface area (Å²) in [6, 6.07) is 15.3. The first-order valence-corrected chi connectivity index (χ1v) is 11.4. The molecule has 1 aromatic heterocycles. The van der Waals surface area contributed by atoms with E-state index in [1.807, 2.05) is 23.7 Å². The largest absolute Gasteiger partial charge is 0.346 e. The molecule has 1 saturated heterocycles. The number of benzene rings is 2. The monoisotopic (exact) mass is 451 g/mol. The number of thiocarbonyl (C=S) groups is 1. The van der Waals surface area contributed by atoms with Crippen LogP contribution in [0.2, 0.25) is 0 Å². The first-order valence-electron chi connectivity index (χ1n) is 11.0. The van der Waals surface area contributed by atoms with E-state index in [9.17, 15) is 4.39 Å². The molecule has 2 aromatic carbocycles. The lowest BCUT2D eigenvalue weighted by atomic mass is 10.1. The quantitative estimate of drug-likeness (QED) is 0.578. The average Bonchev–Trinajstić information content (AvgIpc) is 3.04. The third kappa shape index (κ3) is 5.34. The standard InChI is InChI=1S/C25H30FN5S/c1-18-4-6-22(7-5-18)17-31-20(3)24(19(2)28-31)27-25(32)30-14-12-29(13-15-30)16-21-8-10-23(26)11-9-21/h4-11H,12-17H2,1-3H3,(H,27,32). The summed E-state index contributed by atoms with van der Waals surface area (Å²) in [5.74, 6) is -0.192. The van der Waals surface area contributed by atoms with Gasteiger partial charge in [-0.2, -0.15) is 5.10 Å². The van der Waals surface area contributed by atoms with Crippen molar-refractivity contribution in [3.05, 3.63) is 82.4 Å². The van der Waals surface area contributed by atoms with E-state index < -0.39 is 0 Å². The highest BCUT2D eigenvalue weighted by Crippen LogP contribution is 2.22. The molecule has 0 spiro atoms. The van der Waals surface area contributed by atoms with E-state index in [1.165, 1.54) is 23.3 Å². The molecule has 4 rings (SSSR count). The smallest absolute Gasteiger partial charge is 0.173 e. The first kappa shape index (κ1) is 22.4. The Bertz CT molecular complexity index is 1070. The number of rotatable bonds is 5. The summed E-state index contributed by atoms with van der Waals surface area (Å²) in [7, 11) is 0. The highest BCUT2D eigenvalue weighted by Gasteiger charge is 2.21. The molecule has 168 valence electrons. The van der Waals surface area contributed by atoms with E-state index in [2.05, 4.69) is 53.2 Å². The lowest BCUT2D eigenvalue weighted by molar-refractivity contribution is 0.177. The van der Waals surface area contributed by atoms with Crippen molar-refractivity contribution in [2.75, 3.05) is 31.5 Å². The third-order valence-electron chi connectivity index (χ3n) is 6.05. The number of nitrogens with zero attached hydrogens (tertiary/aromatic N) is 4. The van der Waals surface area contributed by atoms with Crippen LogP contribution in [0.5, 0.6) is 0 Å². The van der Waals surface area contributed by atoms with E-state index >= 15 is 0 Å². The van der Waals surface area contributed by atoms with Crippen molar-refractivity contribution in [1.29, 1.82) is 0 Å². The molecule has 0 amide bonds. The van der Waals surface area contributed by atoms with Gasteiger partial charge in [0.2, 0.25) is 0 Å². The number of anilines is 1. The minimum atomic E-state index is -0.192. The van der Waals surface area contributed by atoms with Gasteiger partial charge >= 0.3 is 0 Å². The van der Waals surface area contributed by atoms with Gasteiger partial charge in [0, 0.05) is 32.7 Å². The van der Waals surface area contributed by atoms with Crippen LogP contribution in [0.3, 0.4) is 0 Å². The Balaban J connectivity index is 1.33. The molecule has 0 bridgehead atoms. The molecule has 3 aromatic rings. The van der Waals surface area contributed by atoms with Crippen LogP contribution in [0.15, 0.2) is 48.5 Å². The SMILES string of the molecule is Cc1ccc(Cn2nc(C)c(NC(=S)N3CCN(Cc4ccc(F)cc4)CC3)c2C)cc1. The van der Waals surface area contributed by atoms with Crippen LogP contribution >= 0.6 is 12.2 Å². The van der Waals surface area contributed by atoms with Gasteiger partial charge in [-0.05, 0) is 56.2 Å². The van der Waals surface area contributed by atoms with Crippen LogP contribution in [0.25, 0.3) is 0 Å². The molecule has 7 heteroatoms. The molecule has 0 saturated carbocycles. The molecule has 0 unspecified atom stereocenters. The Labute approximate surface area is 194 Å². The molecule has 1 fully saturated rings. The van der Waals surface area contributed by atoms with E-state index in [0.717, 1.165) is 67.0 Å². The summed E-state index contributed by atoms with van der Waals surface area (Å²) in [4.78, 5) is 4.59. The van der Waals surface area contributed by atoms with Crippen LogP contribution in [0.4, 0.5) is 10.1 Å². The van der Waals surface area contributed by atoms with Crippen molar-refractivity contribution >= 4 is 23.0 Å². The zero-order valence-corrected chi connectivity index (χ0v) is 19.8. The average molecular weight is 452 g/mol. The van der Waals surface area contributed by atoms with Gasteiger partial charge in [-0.1, -0.05) is 42.0 Å². The molecular formula is C25H30FN5S. The molecule has 5 nitrogen and oxygen atoms in total. The number of hydrogen-bond donors (Lipinski definition) is 1. The fourth-order valence-corrected chi connectivity index (χ4v) is 4.33. The molecule has 32 heavy (non-hydrogen) atoms. The van der Waals surface area contributed by atoms with Crippen LogP contribution < -0.4 is 5.32 Å². The highest BCUT2D eigenvalue weighted by molar-refractivity contribution is 7.80. The second kappa shape index (κ2) is 9.79. The van der Waals surface area contributed by atoms with Gasteiger partial charge in [0.15, 0.2) is 5.11 Å². The second-order valence-electron chi connectivity index (χ2n) is 8.51. The van der Waals surface area contributed by atoms with E-state index in [0.29, 0.717) is 0 Å². The molecule has 0 aliphatic carbocycles. The molecule has 0 radical (unpaired) electrons. The van der Waals surface area contributed by atoms with E-state index in [-0.39, 0.29) is 5.82 Å². The van der Waals surface area contributed by atoms with Gasteiger partial charge in [0.1, 0.15) is 5.82 Å². The lowest BCUT2D eigenvalue weighted by Gasteiger charge is -2.36. The van der Waals surface area contributed by atoms with E-state index in [1.54, 1.807) is 0 Å². The molecule has 1 N–H and O–H groups in total. The zero-order valence-electron chi connectivity index (χ0n) is 18.9. The molecule has 2 heterocycles. The van der Waals surface area contributed by atoms with Gasteiger partial charge in [-0.25, -0.2) is 4.39 Å². The lowest BCUT2D eigenvalue weighted by Crippen LogP contribution is -2.49. The van der Waals surface area contributed by atoms with Crippen molar-refractivity contribution < 1.29 is 4.39 Å². The van der Waals surface area contributed by atoms with Crippen LogP contribution in [-0.2, 0) is 13.1 Å². The van der Waals surface area contributed by atoms with Gasteiger partial charge < -0.3 is 10.2 Å². The van der Waals surface area contributed by atoms with Crippen LogP contribution in [0.1, 0.15) is 28.1 Å². The summed E-state index contributed by atoms with van der Waals surface area (Å²) < 4.78 is 15.2. The minimum absolute atomic E-state index is 0.192. The van der Waals surface area contributed by atoms with Crippen molar-refractivity contribution in [2.24, 2.45) is 0 Å².